The molecule has 188 valence electrons. The third kappa shape index (κ3) is 7.29. The van der Waals surface area contributed by atoms with Gasteiger partial charge in [-0.2, -0.15) is 4.98 Å². The van der Waals surface area contributed by atoms with Gasteiger partial charge in [-0.1, -0.05) is 24.3 Å². The zero-order chi connectivity index (χ0) is 24.6. The summed E-state index contributed by atoms with van der Waals surface area (Å²) in [7, 11) is 8.24. The van der Waals surface area contributed by atoms with Gasteiger partial charge in [0.2, 0.25) is 5.95 Å². The molecule has 7 nitrogen and oxygen atoms in total. The monoisotopic (exact) mass is 476 g/mol. The molecule has 4 rings (SSSR count). The molecule has 0 atom stereocenters. The van der Waals surface area contributed by atoms with Crippen LogP contribution in [0.15, 0.2) is 48.5 Å². The molecule has 2 N–H and O–H groups in total. The molecule has 0 radical (unpaired) electrons. The van der Waals surface area contributed by atoms with Crippen molar-refractivity contribution < 1.29 is 4.74 Å². The van der Waals surface area contributed by atoms with Gasteiger partial charge in [0.25, 0.3) is 0 Å². The summed E-state index contributed by atoms with van der Waals surface area (Å²) in [5.74, 6) is 2.64. The Morgan fingerprint density at radius 2 is 1.60 bits per heavy atom. The summed E-state index contributed by atoms with van der Waals surface area (Å²) in [5.41, 5.74) is 2.28. The minimum absolute atomic E-state index is 0.410. The van der Waals surface area contributed by atoms with Gasteiger partial charge in [-0.05, 0) is 76.0 Å². The fraction of sp³-hybridized carbons (Fsp3) is 0.500. The van der Waals surface area contributed by atoms with Crippen molar-refractivity contribution >= 4 is 22.7 Å². The van der Waals surface area contributed by atoms with Gasteiger partial charge >= 0.3 is 0 Å². The molecule has 7 heteroatoms. The Morgan fingerprint density at radius 3 is 2.31 bits per heavy atom. The third-order valence-corrected chi connectivity index (χ3v) is 6.60. The van der Waals surface area contributed by atoms with Gasteiger partial charge in [0.1, 0.15) is 11.6 Å². The number of rotatable bonds is 11. The predicted molar refractivity (Wildman–Crippen MR) is 145 cm³/mol. The lowest BCUT2D eigenvalue weighted by Crippen LogP contribution is -2.37. The molecule has 0 spiro atoms. The number of para-hydroxylation sites is 1. The molecular formula is C28H40N6O. The van der Waals surface area contributed by atoms with E-state index in [1.165, 1.54) is 5.56 Å². The van der Waals surface area contributed by atoms with Gasteiger partial charge in [0.05, 0.1) is 12.1 Å². The van der Waals surface area contributed by atoms with Crippen LogP contribution in [0.4, 0.5) is 11.8 Å². The standard InChI is InChI=1S/C28H40N6O/c1-33(2)18-7-19-35-24-16-10-21(11-17-24)20-29-22-12-14-23(15-13-22)30-28-31-26-9-6-5-8-25(26)27(32-28)34(3)4/h5-6,8-11,16-17,22-23,29H,7,12-15,18-20H2,1-4H3,(H,30,31,32). The highest BCUT2D eigenvalue weighted by Crippen LogP contribution is 2.26. The molecule has 1 saturated carbocycles. The number of ether oxygens (including phenoxy) is 1. The highest BCUT2D eigenvalue weighted by atomic mass is 16.5. The summed E-state index contributed by atoms with van der Waals surface area (Å²) in [5, 5.41) is 8.43. The highest BCUT2D eigenvalue weighted by molar-refractivity contribution is 5.90. The first kappa shape index (κ1) is 25.2. The van der Waals surface area contributed by atoms with Crippen molar-refractivity contribution in [2.75, 3.05) is 51.6 Å². The lowest BCUT2D eigenvalue weighted by Gasteiger charge is -2.30. The van der Waals surface area contributed by atoms with Crippen LogP contribution < -0.4 is 20.3 Å². The van der Waals surface area contributed by atoms with Crippen molar-refractivity contribution in [3.63, 3.8) is 0 Å². The summed E-state index contributed by atoms with van der Waals surface area (Å²) in [4.78, 5) is 13.8. The van der Waals surface area contributed by atoms with Crippen molar-refractivity contribution in [3.05, 3.63) is 54.1 Å². The summed E-state index contributed by atoms with van der Waals surface area (Å²) in [6.45, 7) is 2.70. The SMILES string of the molecule is CN(C)CCCOc1ccc(CNC2CCC(Nc3nc(N(C)C)c4ccccc4n3)CC2)cc1. The maximum atomic E-state index is 5.84. The molecule has 1 heterocycles. The van der Waals surface area contributed by atoms with Gasteiger partial charge in [-0.15, -0.1) is 0 Å². The molecule has 2 aromatic carbocycles. The zero-order valence-corrected chi connectivity index (χ0v) is 21.6. The number of benzene rings is 2. The van der Waals surface area contributed by atoms with Crippen LogP contribution in [0.1, 0.15) is 37.7 Å². The number of nitrogens with one attached hydrogen (secondary N) is 2. The number of nitrogens with zero attached hydrogens (tertiary/aromatic N) is 4. The van der Waals surface area contributed by atoms with Crippen molar-refractivity contribution in [1.29, 1.82) is 0 Å². The quantitative estimate of drug-likeness (QED) is 0.394. The Labute approximate surface area is 209 Å². The van der Waals surface area contributed by atoms with Gasteiger partial charge in [-0.25, -0.2) is 4.98 Å². The Hall–Kier alpha value is -2.90. The van der Waals surface area contributed by atoms with E-state index in [9.17, 15) is 0 Å². The fourth-order valence-corrected chi connectivity index (χ4v) is 4.63. The number of fused-ring (bicyclic) bond motifs is 1. The Kier molecular flexibility index (Phi) is 8.77. The van der Waals surface area contributed by atoms with Crippen LogP contribution in [0.3, 0.4) is 0 Å². The van der Waals surface area contributed by atoms with E-state index < -0.39 is 0 Å². The van der Waals surface area contributed by atoms with Crippen LogP contribution in [0, 0.1) is 0 Å². The molecule has 0 bridgehead atoms. The van der Waals surface area contributed by atoms with E-state index in [1.807, 2.05) is 26.2 Å². The second-order valence-electron chi connectivity index (χ2n) is 10.0. The zero-order valence-electron chi connectivity index (χ0n) is 21.6. The highest BCUT2D eigenvalue weighted by Gasteiger charge is 2.22. The molecule has 0 aliphatic heterocycles. The number of aromatic nitrogens is 2. The number of anilines is 2. The summed E-state index contributed by atoms with van der Waals surface area (Å²) in [6.07, 6.45) is 5.57. The molecule has 35 heavy (non-hydrogen) atoms. The molecular weight excluding hydrogens is 436 g/mol. The lowest BCUT2D eigenvalue weighted by atomic mass is 9.91. The van der Waals surface area contributed by atoms with E-state index in [0.717, 1.165) is 80.2 Å². The van der Waals surface area contributed by atoms with Gasteiger partial charge in [-0.3, -0.25) is 0 Å². The van der Waals surface area contributed by atoms with Crippen LogP contribution in [-0.2, 0) is 6.54 Å². The molecule has 1 aliphatic carbocycles. The molecule has 1 aromatic heterocycles. The molecule has 1 aliphatic rings. The van der Waals surface area contributed by atoms with Gasteiger partial charge in [0, 0.05) is 44.7 Å². The topological polar surface area (TPSA) is 65.6 Å². The molecule has 0 amide bonds. The minimum atomic E-state index is 0.410. The minimum Gasteiger partial charge on any atom is -0.494 e. The average Bonchev–Trinajstić information content (AvgIpc) is 2.86. The second kappa shape index (κ2) is 12.2. The average molecular weight is 477 g/mol. The van der Waals surface area contributed by atoms with E-state index in [4.69, 9.17) is 14.7 Å². The lowest BCUT2D eigenvalue weighted by molar-refractivity contribution is 0.281. The van der Waals surface area contributed by atoms with Crippen LogP contribution in [0.25, 0.3) is 10.9 Å². The number of hydrogen-bond acceptors (Lipinski definition) is 7. The van der Waals surface area contributed by atoms with Crippen molar-refractivity contribution in [3.8, 4) is 5.75 Å². The van der Waals surface area contributed by atoms with Crippen LogP contribution >= 0.6 is 0 Å². The Balaban J connectivity index is 1.22. The van der Waals surface area contributed by atoms with E-state index in [2.05, 4.69) is 70.9 Å². The van der Waals surface area contributed by atoms with E-state index in [-0.39, 0.29) is 0 Å². The molecule has 0 saturated heterocycles. The molecule has 3 aromatic rings. The normalized spacial score (nSPS) is 18.1. The second-order valence-corrected chi connectivity index (χ2v) is 10.0. The predicted octanol–water partition coefficient (Wildman–Crippen LogP) is 4.54. The fourth-order valence-electron chi connectivity index (χ4n) is 4.63. The van der Waals surface area contributed by atoms with E-state index in [1.54, 1.807) is 0 Å². The maximum Gasteiger partial charge on any atom is 0.225 e. The van der Waals surface area contributed by atoms with Gasteiger partial charge in [0.15, 0.2) is 0 Å². The van der Waals surface area contributed by atoms with Crippen LogP contribution in [0.5, 0.6) is 5.75 Å². The van der Waals surface area contributed by atoms with Crippen LogP contribution in [0.2, 0.25) is 0 Å². The third-order valence-electron chi connectivity index (χ3n) is 6.60. The first-order chi connectivity index (χ1) is 17.0. The molecule has 0 unspecified atom stereocenters. The van der Waals surface area contributed by atoms with Crippen LogP contribution in [-0.4, -0.2) is 68.3 Å². The summed E-state index contributed by atoms with van der Waals surface area (Å²) in [6, 6.07) is 17.7. The summed E-state index contributed by atoms with van der Waals surface area (Å²) < 4.78 is 5.84. The first-order valence-corrected chi connectivity index (χ1v) is 12.8. The van der Waals surface area contributed by atoms with Crippen molar-refractivity contribution in [1.82, 2.24) is 20.2 Å². The Morgan fingerprint density at radius 1 is 0.886 bits per heavy atom. The summed E-state index contributed by atoms with van der Waals surface area (Å²) >= 11 is 0. The Bertz CT molecular complexity index is 1060. The van der Waals surface area contributed by atoms with Gasteiger partial charge < -0.3 is 25.2 Å². The number of hydrogen-bond donors (Lipinski definition) is 2. The van der Waals surface area contributed by atoms with Crippen molar-refractivity contribution in [2.24, 2.45) is 0 Å². The molecule has 1 fully saturated rings. The smallest absolute Gasteiger partial charge is 0.225 e. The largest absolute Gasteiger partial charge is 0.494 e. The maximum absolute atomic E-state index is 5.84. The van der Waals surface area contributed by atoms with E-state index >= 15 is 0 Å². The first-order valence-electron chi connectivity index (χ1n) is 12.8. The van der Waals surface area contributed by atoms with E-state index in [0.29, 0.717) is 12.1 Å². The van der Waals surface area contributed by atoms with Crippen molar-refractivity contribution in [2.45, 2.75) is 50.7 Å².